The van der Waals surface area contributed by atoms with E-state index in [0.717, 1.165) is 16.1 Å². The van der Waals surface area contributed by atoms with E-state index in [1.165, 1.54) is 0 Å². The molecule has 0 saturated carbocycles. The first kappa shape index (κ1) is 30.8. The zero-order chi connectivity index (χ0) is 21.2. The molecule has 9 nitrogen and oxygen atoms in total. The Balaban J connectivity index is -0.000000491. The minimum Gasteiger partial charge on any atom is -1.00 e. The summed E-state index contributed by atoms with van der Waals surface area (Å²) in [5, 5.41) is 12.1. The van der Waals surface area contributed by atoms with Crippen molar-refractivity contribution in [3.8, 4) is 0 Å². The van der Waals surface area contributed by atoms with Crippen molar-refractivity contribution in [1.82, 2.24) is 5.32 Å². The summed E-state index contributed by atoms with van der Waals surface area (Å²) in [4.78, 5) is 41.0. The number of halogens is 1. The van der Waals surface area contributed by atoms with E-state index < -0.39 is 26.4 Å². The van der Waals surface area contributed by atoms with Crippen LogP contribution in [0.3, 0.4) is 0 Å². The molecule has 0 saturated heterocycles. The predicted octanol–water partition coefficient (Wildman–Crippen LogP) is -1.12. The van der Waals surface area contributed by atoms with Crippen molar-refractivity contribution in [2.75, 3.05) is 37.3 Å². The molecular weight excluding hydrogens is 458 g/mol. The minimum absolute atomic E-state index is 0. The first-order valence-corrected chi connectivity index (χ1v) is 11.0. The quantitative estimate of drug-likeness (QED) is 0.197. The van der Waals surface area contributed by atoms with Gasteiger partial charge in [-0.15, -0.1) is 22.9 Å². The SMILES string of the molecule is COC[C@H](C)N(C(=O)CCl)c1c(C)csc1C.O=C(O)CNCP(=O)(O)O.[H-].[K+]. The van der Waals surface area contributed by atoms with E-state index in [1.807, 2.05) is 20.8 Å². The van der Waals surface area contributed by atoms with E-state index in [9.17, 15) is 14.2 Å². The molecule has 1 aromatic heterocycles. The van der Waals surface area contributed by atoms with Crippen molar-refractivity contribution >= 4 is 48.1 Å². The number of amides is 1. The Bertz CT molecular complexity index is 658. The summed E-state index contributed by atoms with van der Waals surface area (Å²) in [7, 11) is -2.46. The van der Waals surface area contributed by atoms with Crippen molar-refractivity contribution in [2.45, 2.75) is 26.8 Å². The summed E-state index contributed by atoms with van der Waals surface area (Å²) in [6.07, 6.45) is -0.598. The van der Waals surface area contributed by atoms with Crippen LogP contribution < -0.4 is 61.6 Å². The van der Waals surface area contributed by atoms with Gasteiger partial charge in [-0.2, -0.15) is 0 Å². The molecule has 158 valence electrons. The monoisotopic (exact) mass is 484 g/mol. The maximum Gasteiger partial charge on any atom is 1.00 e. The molecule has 0 aliphatic carbocycles. The third kappa shape index (κ3) is 12.4. The Morgan fingerprint density at radius 3 is 2.36 bits per heavy atom. The number of carbonyl (C=O) groups is 2. The summed E-state index contributed by atoms with van der Waals surface area (Å²) in [5.74, 6) is -1.24. The van der Waals surface area contributed by atoms with Gasteiger partial charge in [-0.3, -0.25) is 19.5 Å². The number of carboxylic acids is 1. The van der Waals surface area contributed by atoms with Crippen LogP contribution in [0.1, 0.15) is 18.8 Å². The molecule has 1 amide bonds. The van der Waals surface area contributed by atoms with E-state index >= 15 is 0 Å². The fourth-order valence-electron chi connectivity index (χ4n) is 2.21. The predicted molar refractivity (Wildman–Crippen MR) is 107 cm³/mol. The number of aryl methyl sites for hydroxylation is 2. The second-order valence-corrected chi connectivity index (χ2v) is 8.67. The van der Waals surface area contributed by atoms with Crippen molar-refractivity contribution in [2.24, 2.45) is 0 Å². The average molecular weight is 485 g/mol. The van der Waals surface area contributed by atoms with Gasteiger partial charge in [-0.1, -0.05) is 0 Å². The van der Waals surface area contributed by atoms with Gasteiger partial charge in [0.05, 0.1) is 31.2 Å². The molecule has 1 rings (SSSR count). The van der Waals surface area contributed by atoms with Gasteiger partial charge in [0.15, 0.2) is 0 Å². The molecule has 0 fully saturated rings. The molecule has 0 aliphatic heterocycles. The smallest absolute Gasteiger partial charge is 1.00 e. The van der Waals surface area contributed by atoms with Crippen LogP contribution in [-0.2, 0) is 18.9 Å². The van der Waals surface area contributed by atoms with Crippen LogP contribution in [0.4, 0.5) is 5.69 Å². The Kier molecular flexibility index (Phi) is 17.0. The Hall–Kier alpha value is 0.636. The molecule has 0 spiro atoms. The van der Waals surface area contributed by atoms with Gasteiger partial charge in [-0.25, -0.2) is 0 Å². The van der Waals surface area contributed by atoms with Crippen LogP contribution in [0, 0.1) is 13.8 Å². The molecule has 13 heteroatoms. The largest absolute Gasteiger partial charge is 1.00 e. The molecule has 0 aromatic carbocycles. The number of ether oxygens (including phenoxy) is 1. The molecule has 1 atom stereocenters. The second kappa shape index (κ2) is 15.4. The third-order valence-electron chi connectivity index (χ3n) is 3.19. The number of anilines is 1. The van der Waals surface area contributed by atoms with Gasteiger partial charge in [0, 0.05) is 12.0 Å². The van der Waals surface area contributed by atoms with Crippen LogP contribution in [-0.4, -0.2) is 65.2 Å². The Morgan fingerprint density at radius 1 is 1.43 bits per heavy atom. The molecule has 0 aliphatic rings. The fraction of sp³-hybridized carbons (Fsp3) is 0.600. The summed E-state index contributed by atoms with van der Waals surface area (Å²) in [5.41, 5.74) is 2.08. The molecule has 0 bridgehead atoms. The molecule has 0 radical (unpaired) electrons. The second-order valence-electron chi connectivity index (χ2n) is 5.67. The van der Waals surface area contributed by atoms with E-state index in [4.69, 9.17) is 31.2 Å². The summed E-state index contributed by atoms with van der Waals surface area (Å²) in [6.45, 7) is 6.04. The fourth-order valence-corrected chi connectivity index (χ4v) is 3.57. The summed E-state index contributed by atoms with van der Waals surface area (Å²) >= 11 is 7.33. The topological polar surface area (TPSA) is 136 Å². The number of hydrogen-bond acceptors (Lipinski definition) is 6. The number of nitrogens with zero attached hydrogens (tertiary/aromatic N) is 1. The maximum absolute atomic E-state index is 12.0. The molecule has 1 heterocycles. The van der Waals surface area contributed by atoms with Crippen LogP contribution in [0.5, 0.6) is 0 Å². The van der Waals surface area contributed by atoms with Crippen LogP contribution in [0.15, 0.2) is 5.38 Å². The molecular formula is C15H27ClKN2O7PS. The summed E-state index contributed by atoms with van der Waals surface area (Å²) in [6, 6.07) is -0.0155. The van der Waals surface area contributed by atoms with Gasteiger partial charge >= 0.3 is 64.9 Å². The first-order valence-electron chi connectivity index (χ1n) is 7.83. The van der Waals surface area contributed by atoms with Crippen molar-refractivity contribution < 1.29 is 86.6 Å². The van der Waals surface area contributed by atoms with Crippen molar-refractivity contribution in [3.63, 3.8) is 0 Å². The average Bonchev–Trinajstić information content (AvgIpc) is 2.86. The van der Waals surface area contributed by atoms with Gasteiger partial charge in [0.1, 0.15) is 5.88 Å². The van der Waals surface area contributed by atoms with Gasteiger partial charge < -0.3 is 26.0 Å². The molecule has 1 aromatic rings. The van der Waals surface area contributed by atoms with Gasteiger partial charge in [-0.05, 0) is 31.7 Å². The zero-order valence-electron chi connectivity index (χ0n) is 17.6. The number of thiophene rings is 1. The number of aliphatic carboxylic acids is 1. The van der Waals surface area contributed by atoms with Crippen LogP contribution in [0.2, 0.25) is 0 Å². The number of hydrogen-bond donors (Lipinski definition) is 4. The molecule has 28 heavy (non-hydrogen) atoms. The van der Waals surface area contributed by atoms with Crippen molar-refractivity contribution in [3.05, 3.63) is 15.8 Å². The normalized spacial score (nSPS) is 11.7. The van der Waals surface area contributed by atoms with E-state index in [1.54, 1.807) is 23.3 Å². The summed E-state index contributed by atoms with van der Waals surface area (Å²) < 4.78 is 15.2. The maximum atomic E-state index is 12.0. The van der Waals surface area contributed by atoms with E-state index in [0.29, 0.717) is 6.61 Å². The van der Waals surface area contributed by atoms with Crippen LogP contribution in [0.25, 0.3) is 0 Å². The molecule has 0 unspecified atom stereocenters. The Morgan fingerprint density at radius 2 is 2.00 bits per heavy atom. The van der Waals surface area contributed by atoms with Crippen LogP contribution >= 0.6 is 30.5 Å². The van der Waals surface area contributed by atoms with E-state index in [-0.39, 0.29) is 70.6 Å². The van der Waals surface area contributed by atoms with E-state index in [2.05, 4.69) is 10.7 Å². The Labute approximate surface area is 217 Å². The standard InChI is InChI=1S/C12H18ClNO2S.C3H8NO5P.K.H/c1-8-7-17-10(3)12(8)14(11(15)5-13)9(2)6-16-4;5-3(6)1-4-2-10(7,8)9;;/h7,9H,5-6H2,1-4H3;4H,1-2H2,(H,5,6)(H2,7,8,9);;/q;;+1;-1/t9-;;;/m0.../s1. The van der Waals surface area contributed by atoms with Crippen molar-refractivity contribution in [1.29, 1.82) is 0 Å². The number of carbonyl (C=O) groups excluding carboxylic acids is 1. The zero-order valence-corrected chi connectivity index (χ0v) is 22.2. The number of nitrogens with one attached hydrogen (secondary N) is 1. The minimum atomic E-state index is -4.10. The number of carboxylic acid groups (broad SMARTS) is 1. The van der Waals surface area contributed by atoms with Gasteiger partial charge in [0.2, 0.25) is 5.91 Å². The third-order valence-corrected chi connectivity index (χ3v) is 5.07. The number of methoxy groups -OCH3 is 1. The number of alkyl halides is 1. The van der Waals surface area contributed by atoms with Gasteiger partial charge in [0.25, 0.3) is 0 Å². The number of rotatable bonds is 9. The first-order chi connectivity index (χ1) is 12.4. The molecule has 4 N–H and O–H groups in total.